The number of nitrogens with zero attached hydrogens (tertiary/aromatic N) is 2. The lowest BCUT2D eigenvalue weighted by molar-refractivity contribution is -0.137. The number of nitrogens with two attached hydrogens (primary N) is 1. The highest BCUT2D eigenvalue weighted by Gasteiger charge is 2.35. The van der Waals surface area contributed by atoms with Crippen molar-refractivity contribution in [3.63, 3.8) is 0 Å². The van der Waals surface area contributed by atoms with Crippen molar-refractivity contribution in [2.45, 2.75) is 24.3 Å². The van der Waals surface area contributed by atoms with Crippen molar-refractivity contribution in [2.24, 2.45) is 5.73 Å². The first-order chi connectivity index (χ1) is 11.6. The second-order valence-corrected chi connectivity index (χ2v) is 8.34. The SMILES string of the molecule is COc1ccc(OC)c(S(=O)(=O)N2CCN(C(=O)C(C)(C)N)CC2)c1. The summed E-state index contributed by atoms with van der Waals surface area (Å²) in [5.74, 6) is 0.490. The summed E-state index contributed by atoms with van der Waals surface area (Å²) < 4.78 is 37.6. The van der Waals surface area contributed by atoms with Gasteiger partial charge in [-0.15, -0.1) is 0 Å². The summed E-state index contributed by atoms with van der Waals surface area (Å²) in [4.78, 5) is 13.9. The van der Waals surface area contributed by atoms with Crippen LogP contribution in [0.3, 0.4) is 0 Å². The standard InChI is InChI=1S/C16H25N3O5S/c1-16(2,17)15(20)18-7-9-19(10-8-18)25(21,22)14-11-12(23-3)5-6-13(14)24-4/h5-6,11H,7-10,17H2,1-4H3. The third-order valence-electron chi connectivity index (χ3n) is 4.07. The molecule has 9 heteroatoms. The predicted octanol–water partition coefficient (Wildman–Crippen LogP) is 0.274. The number of methoxy groups -OCH3 is 2. The number of carbonyl (C=O) groups is 1. The van der Waals surface area contributed by atoms with E-state index in [1.54, 1.807) is 30.9 Å². The van der Waals surface area contributed by atoms with Crippen LogP contribution < -0.4 is 15.2 Å². The Labute approximate surface area is 148 Å². The summed E-state index contributed by atoms with van der Waals surface area (Å²) in [6.45, 7) is 4.27. The van der Waals surface area contributed by atoms with Crippen LogP contribution in [0, 0.1) is 0 Å². The number of carbonyl (C=O) groups excluding carboxylic acids is 1. The average Bonchev–Trinajstić information content (AvgIpc) is 2.59. The van der Waals surface area contributed by atoms with Crippen molar-refractivity contribution >= 4 is 15.9 Å². The van der Waals surface area contributed by atoms with Crippen LogP contribution in [0.15, 0.2) is 23.1 Å². The maximum absolute atomic E-state index is 13.0. The Morgan fingerprint density at radius 2 is 1.72 bits per heavy atom. The molecule has 0 spiro atoms. The van der Waals surface area contributed by atoms with E-state index in [4.69, 9.17) is 15.2 Å². The van der Waals surface area contributed by atoms with Gasteiger partial charge in [0.25, 0.3) is 0 Å². The Morgan fingerprint density at radius 3 is 2.20 bits per heavy atom. The fourth-order valence-corrected chi connectivity index (χ4v) is 4.26. The van der Waals surface area contributed by atoms with Gasteiger partial charge in [-0.2, -0.15) is 4.31 Å². The summed E-state index contributed by atoms with van der Waals surface area (Å²) in [6.07, 6.45) is 0. The molecule has 0 aliphatic carbocycles. The summed E-state index contributed by atoms with van der Waals surface area (Å²) in [5, 5.41) is 0. The van der Waals surface area contributed by atoms with Crippen LogP contribution in [0.4, 0.5) is 0 Å². The third kappa shape index (κ3) is 4.05. The van der Waals surface area contributed by atoms with Crippen LogP contribution >= 0.6 is 0 Å². The summed E-state index contributed by atoms with van der Waals surface area (Å²) in [7, 11) is -0.876. The van der Waals surface area contributed by atoms with E-state index in [-0.39, 0.29) is 29.6 Å². The number of hydrogen-bond acceptors (Lipinski definition) is 6. The minimum absolute atomic E-state index is 0.0493. The fourth-order valence-electron chi connectivity index (χ4n) is 2.66. The first kappa shape index (κ1) is 19.5. The van der Waals surface area contributed by atoms with Crippen LogP contribution in [0.5, 0.6) is 11.5 Å². The Morgan fingerprint density at radius 1 is 1.12 bits per heavy atom. The molecule has 0 radical (unpaired) electrons. The zero-order valence-electron chi connectivity index (χ0n) is 15.0. The normalized spacial score (nSPS) is 16.6. The summed E-state index contributed by atoms with van der Waals surface area (Å²) in [6, 6.07) is 4.63. The van der Waals surface area contributed by atoms with Gasteiger partial charge in [-0.1, -0.05) is 0 Å². The lowest BCUT2D eigenvalue weighted by Gasteiger charge is -2.37. The highest BCUT2D eigenvalue weighted by Crippen LogP contribution is 2.31. The molecule has 1 heterocycles. The third-order valence-corrected chi connectivity index (χ3v) is 5.99. The van der Waals surface area contributed by atoms with Crippen LogP contribution in [0.25, 0.3) is 0 Å². The maximum Gasteiger partial charge on any atom is 0.247 e. The van der Waals surface area contributed by atoms with E-state index < -0.39 is 15.6 Å². The Bertz CT molecular complexity index is 735. The predicted molar refractivity (Wildman–Crippen MR) is 93.2 cm³/mol. The highest BCUT2D eigenvalue weighted by atomic mass is 32.2. The Kier molecular flexibility index (Phi) is 5.60. The van der Waals surface area contributed by atoms with Crippen LogP contribution in [-0.4, -0.2) is 69.5 Å². The molecule has 1 fully saturated rings. The van der Waals surface area contributed by atoms with Crippen molar-refractivity contribution in [2.75, 3.05) is 40.4 Å². The van der Waals surface area contributed by atoms with E-state index in [1.165, 1.54) is 24.6 Å². The molecule has 140 valence electrons. The first-order valence-corrected chi connectivity index (χ1v) is 9.35. The number of sulfonamides is 1. The van der Waals surface area contributed by atoms with Gasteiger partial charge in [-0.25, -0.2) is 8.42 Å². The molecule has 1 aliphatic rings. The average molecular weight is 371 g/mol. The van der Waals surface area contributed by atoms with Gasteiger partial charge in [0.15, 0.2) is 0 Å². The number of amides is 1. The number of piperazine rings is 1. The zero-order chi connectivity index (χ0) is 18.8. The largest absolute Gasteiger partial charge is 0.497 e. The molecule has 1 aromatic rings. The second kappa shape index (κ2) is 7.19. The van der Waals surface area contributed by atoms with E-state index in [0.29, 0.717) is 18.8 Å². The van der Waals surface area contributed by atoms with Crippen molar-refractivity contribution in [1.29, 1.82) is 0 Å². The molecule has 0 saturated carbocycles. The number of rotatable bonds is 5. The first-order valence-electron chi connectivity index (χ1n) is 7.91. The van der Waals surface area contributed by atoms with Gasteiger partial charge >= 0.3 is 0 Å². The smallest absolute Gasteiger partial charge is 0.247 e. The van der Waals surface area contributed by atoms with Crippen molar-refractivity contribution in [3.05, 3.63) is 18.2 Å². The Balaban J connectivity index is 2.22. The molecule has 2 N–H and O–H groups in total. The second-order valence-electron chi connectivity index (χ2n) is 6.43. The van der Waals surface area contributed by atoms with E-state index in [0.717, 1.165) is 0 Å². The summed E-state index contributed by atoms with van der Waals surface area (Å²) in [5.41, 5.74) is 4.86. The maximum atomic E-state index is 13.0. The van der Waals surface area contributed by atoms with E-state index in [9.17, 15) is 13.2 Å². The molecule has 8 nitrogen and oxygen atoms in total. The van der Waals surface area contributed by atoms with E-state index in [2.05, 4.69) is 0 Å². The molecule has 2 rings (SSSR count). The zero-order valence-corrected chi connectivity index (χ0v) is 15.8. The monoisotopic (exact) mass is 371 g/mol. The molecule has 1 saturated heterocycles. The van der Waals surface area contributed by atoms with Gasteiger partial charge in [0.1, 0.15) is 16.4 Å². The van der Waals surface area contributed by atoms with Gasteiger partial charge in [-0.3, -0.25) is 4.79 Å². The quantitative estimate of drug-likeness (QED) is 0.797. The molecule has 1 aliphatic heterocycles. The molecule has 25 heavy (non-hydrogen) atoms. The number of ether oxygens (including phenoxy) is 2. The van der Waals surface area contributed by atoms with Crippen molar-refractivity contribution < 1.29 is 22.7 Å². The molecule has 0 bridgehead atoms. The van der Waals surface area contributed by atoms with Crippen molar-refractivity contribution in [1.82, 2.24) is 9.21 Å². The van der Waals surface area contributed by atoms with Gasteiger partial charge < -0.3 is 20.1 Å². The lowest BCUT2D eigenvalue weighted by Crippen LogP contribution is -2.57. The highest BCUT2D eigenvalue weighted by molar-refractivity contribution is 7.89. The molecule has 1 aromatic carbocycles. The fraction of sp³-hybridized carbons (Fsp3) is 0.562. The Hall–Kier alpha value is -1.84. The van der Waals surface area contributed by atoms with Crippen LogP contribution in [0.2, 0.25) is 0 Å². The molecule has 0 unspecified atom stereocenters. The number of hydrogen-bond donors (Lipinski definition) is 1. The molecule has 0 atom stereocenters. The van der Waals surface area contributed by atoms with Crippen LogP contribution in [0.1, 0.15) is 13.8 Å². The lowest BCUT2D eigenvalue weighted by atomic mass is 10.1. The van der Waals surface area contributed by atoms with Gasteiger partial charge in [0, 0.05) is 32.2 Å². The minimum Gasteiger partial charge on any atom is -0.497 e. The van der Waals surface area contributed by atoms with E-state index in [1.807, 2.05) is 0 Å². The molecular formula is C16H25N3O5S. The van der Waals surface area contributed by atoms with Crippen LogP contribution in [-0.2, 0) is 14.8 Å². The van der Waals surface area contributed by atoms with Gasteiger partial charge in [0.2, 0.25) is 15.9 Å². The van der Waals surface area contributed by atoms with Crippen molar-refractivity contribution in [3.8, 4) is 11.5 Å². The topological polar surface area (TPSA) is 102 Å². The van der Waals surface area contributed by atoms with Gasteiger partial charge in [-0.05, 0) is 26.0 Å². The van der Waals surface area contributed by atoms with Gasteiger partial charge in [0.05, 0.1) is 19.8 Å². The molecule has 0 aromatic heterocycles. The summed E-state index contributed by atoms with van der Waals surface area (Å²) >= 11 is 0. The molecular weight excluding hydrogens is 346 g/mol. The number of benzene rings is 1. The molecule has 1 amide bonds. The minimum atomic E-state index is -3.76. The van der Waals surface area contributed by atoms with E-state index >= 15 is 0 Å².